The van der Waals surface area contributed by atoms with Crippen LogP contribution in [0.1, 0.15) is 27.5 Å². The monoisotopic (exact) mass is 348 g/mol. The lowest BCUT2D eigenvalue weighted by molar-refractivity contribution is 0.379. The Bertz CT molecular complexity index is 1020. The quantitative estimate of drug-likeness (QED) is 0.733. The van der Waals surface area contributed by atoms with Crippen LogP contribution in [0, 0.1) is 25.2 Å². The van der Waals surface area contributed by atoms with Crippen LogP contribution in [0.4, 0.5) is 0 Å². The van der Waals surface area contributed by atoms with E-state index in [4.69, 9.17) is 10.5 Å². The van der Waals surface area contributed by atoms with Crippen LogP contribution >= 0.6 is 11.3 Å². The van der Waals surface area contributed by atoms with E-state index < -0.39 is 0 Å². The van der Waals surface area contributed by atoms with Gasteiger partial charge in [0.15, 0.2) is 0 Å². The minimum absolute atomic E-state index is 0.118. The van der Waals surface area contributed by atoms with Gasteiger partial charge in [-0.05, 0) is 30.9 Å². The second-order valence-electron chi connectivity index (χ2n) is 6.08. The number of hydrogen-bond acceptors (Lipinski definition) is 5. The molecule has 124 valence electrons. The minimum atomic E-state index is -0.275. The molecule has 3 N–H and O–H groups in total. The van der Waals surface area contributed by atoms with Crippen molar-refractivity contribution in [2.24, 2.45) is 5.73 Å². The van der Waals surface area contributed by atoms with E-state index in [1.54, 1.807) is 11.3 Å². The summed E-state index contributed by atoms with van der Waals surface area (Å²) in [5.74, 6) is 0.278. The molecule has 0 aliphatic carbocycles. The van der Waals surface area contributed by atoms with E-state index in [0.29, 0.717) is 11.5 Å². The molecule has 5 nitrogen and oxygen atoms in total. The second-order valence-corrected chi connectivity index (χ2v) is 7.06. The first kappa shape index (κ1) is 15.5. The van der Waals surface area contributed by atoms with Crippen LogP contribution in [0.25, 0.3) is 11.3 Å². The number of thiophene rings is 1. The van der Waals surface area contributed by atoms with E-state index in [9.17, 15) is 5.26 Å². The minimum Gasteiger partial charge on any atom is -0.420 e. The maximum Gasteiger partial charge on any atom is 0.244 e. The van der Waals surface area contributed by atoms with Crippen molar-refractivity contribution in [2.75, 3.05) is 0 Å². The first-order valence-electron chi connectivity index (χ1n) is 7.87. The van der Waals surface area contributed by atoms with Gasteiger partial charge in [-0.25, -0.2) is 0 Å². The summed E-state index contributed by atoms with van der Waals surface area (Å²) in [7, 11) is 0. The van der Waals surface area contributed by atoms with Gasteiger partial charge in [0.2, 0.25) is 11.8 Å². The summed E-state index contributed by atoms with van der Waals surface area (Å²) in [6.07, 6.45) is 0. The molecule has 0 spiro atoms. The number of nitriles is 1. The molecule has 0 saturated carbocycles. The average Bonchev–Trinajstić information content (AvgIpc) is 3.23. The van der Waals surface area contributed by atoms with Crippen molar-refractivity contribution in [3.05, 3.63) is 68.7 Å². The van der Waals surface area contributed by atoms with Gasteiger partial charge in [-0.2, -0.15) is 5.26 Å². The molecule has 0 unspecified atom stereocenters. The Morgan fingerprint density at radius 3 is 2.84 bits per heavy atom. The predicted octanol–water partition coefficient (Wildman–Crippen LogP) is 3.97. The average molecular weight is 348 g/mol. The molecule has 6 heteroatoms. The topological polar surface area (TPSA) is 87.7 Å². The maximum absolute atomic E-state index is 9.65. The van der Waals surface area contributed by atoms with Gasteiger partial charge in [0.25, 0.3) is 0 Å². The molecule has 0 saturated heterocycles. The number of H-pyrrole nitrogens is 1. The molecule has 1 aromatic carbocycles. The van der Waals surface area contributed by atoms with E-state index in [1.807, 2.05) is 17.5 Å². The fourth-order valence-corrected chi connectivity index (χ4v) is 4.13. The molecule has 1 atom stereocenters. The van der Waals surface area contributed by atoms with Crippen molar-refractivity contribution in [1.29, 1.82) is 5.26 Å². The zero-order valence-electron chi connectivity index (χ0n) is 13.8. The highest BCUT2D eigenvalue weighted by molar-refractivity contribution is 7.10. The van der Waals surface area contributed by atoms with Crippen molar-refractivity contribution in [2.45, 2.75) is 19.8 Å². The third kappa shape index (κ3) is 2.41. The SMILES string of the molecule is Cc1ccc(-c2[nH]nc3c2[C@@H](c2cccs2)C(C#N)=C(N)O3)c(C)c1. The highest BCUT2D eigenvalue weighted by Gasteiger charge is 2.36. The Morgan fingerprint density at radius 2 is 2.16 bits per heavy atom. The number of benzene rings is 1. The number of hydrogen-bond donors (Lipinski definition) is 2. The third-order valence-electron chi connectivity index (χ3n) is 4.42. The van der Waals surface area contributed by atoms with Crippen LogP contribution in [0.2, 0.25) is 0 Å². The fourth-order valence-electron chi connectivity index (χ4n) is 3.28. The zero-order chi connectivity index (χ0) is 17.6. The van der Waals surface area contributed by atoms with Crippen molar-refractivity contribution in [1.82, 2.24) is 10.2 Å². The summed E-state index contributed by atoms with van der Waals surface area (Å²) in [6.45, 7) is 4.13. The van der Waals surface area contributed by atoms with Gasteiger partial charge < -0.3 is 10.5 Å². The molecule has 0 fully saturated rings. The smallest absolute Gasteiger partial charge is 0.244 e. The normalized spacial score (nSPS) is 16.3. The summed E-state index contributed by atoms with van der Waals surface area (Å²) in [5, 5.41) is 19.0. The first-order chi connectivity index (χ1) is 12.1. The standard InChI is InChI=1S/C19H16N4OS/c1-10-5-6-12(11(2)8-10)17-16-15(14-4-3-7-25-14)13(9-20)18(21)24-19(16)23-22-17/h3-8,15H,21H2,1-2H3,(H,22,23)/t15-/m1/s1. The first-order valence-corrected chi connectivity index (χ1v) is 8.75. The predicted molar refractivity (Wildman–Crippen MR) is 97.1 cm³/mol. The molecule has 0 amide bonds. The van der Waals surface area contributed by atoms with Crippen LogP contribution in [-0.4, -0.2) is 10.2 Å². The molecule has 3 heterocycles. The highest BCUT2D eigenvalue weighted by atomic mass is 32.1. The number of nitrogens with one attached hydrogen (secondary N) is 1. The lowest BCUT2D eigenvalue weighted by atomic mass is 9.86. The van der Waals surface area contributed by atoms with E-state index in [2.05, 4.69) is 48.3 Å². The third-order valence-corrected chi connectivity index (χ3v) is 5.36. The highest BCUT2D eigenvalue weighted by Crippen LogP contribution is 2.47. The lowest BCUT2D eigenvalue weighted by Crippen LogP contribution is -2.20. The number of aromatic nitrogens is 2. The Morgan fingerprint density at radius 1 is 1.32 bits per heavy atom. The van der Waals surface area contributed by atoms with E-state index in [-0.39, 0.29) is 11.8 Å². The molecule has 0 radical (unpaired) electrons. The number of fused-ring (bicyclic) bond motifs is 1. The molecule has 4 rings (SSSR count). The van der Waals surface area contributed by atoms with Gasteiger partial charge in [-0.15, -0.1) is 16.4 Å². The Balaban J connectivity index is 1.96. The molecule has 3 aromatic rings. The number of allylic oxidation sites excluding steroid dienone is 1. The molecule has 0 bridgehead atoms. The summed E-state index contributed by atoms with van der Waals surface area (Å²) in [5.41, 5.74) is 11.5. The molecule has 25 heavy (non-hydrogen) atoms. The molecular formula is C19H16N4OS. The van der Waals surface area contributed by atoms with Crippen LogP contribution in [0.15, 0.2) is 47.2 Å². The van der Waals surface area contributed by atoms with Crippen LogP contribution in [0.3, 0.4) is 0 Å². The van der Waals surface area contributed by atoms with E-state index in [0.717, 1.165) is 27.3 Å². The molecule has 1 aliphatic heterocycles. The second kappa shape index (κ2) is 5.80. The van der Waals surface area contributed by atoms with Gasteiger partial charge in [0, 0.05) is 10.4 Å². The number of nitrogens with two attached hydrogens (primary N) is 1. The molecule has 2 aromatic heterocycles. The lowest BCUT2D eigenvalue weighted by Gasteiger charge is -2.23. The Kier molecular flexibility index (Phi) is 3.59. The number of aryl methyl sites for hydroxylation is 2. The van der Waals surface area contributed by atoms with Crippen molar-refractivity contribution >= 4 is 11.3 Å². The van der Waals surface area contributed by atoms with E-state index >= 15 is 0 Å². The van der Waals surface area contributed by atoms with Crippen LogP contribution in [-0.2, 0) is 0 Å². The summed E-state index contributed by atoms with van der Waals surface area (Å²) < 4.78 is 5.63. The van der Waals surface area contributed by atoms with Gasteiger partial charge >= 0.3 is 0 Å². The van der Waals surface area contributed by atoms with E-state index in [1.165, 1.54) is 5.56 Å². The number of ether oxygens (including phenoxy) is 1. The summed E-state index contributed by atoms with van der Waals surface area (Å²) in [4.78, 5) is 1.04. The summed E-state index contributed by atoms with van der Waals surface area (Å²) >= 11 is 1.59. The van der Waals surface area contributed by atoms with Crippen molar-refractivity contribution in [3.8, 4) is 23.2 Å². The van der Waals surface area contributed by atoms with Crippen molar-refractivity contribution < 1.29 is 4.74 Å². The molecule has 1 aliphatic rings. The summed E-state index contributed by atoms with van der Waals surface area (Å²) in [6, 6.07) is 12.5. The number of aromatic amines is 1. The largest absolute Gasteiger partial charge is 0.420 e. The van der Waals surface area contributed by atoms with Crippen LogP contribution < -0.4 is 10.5 Å². The number of nitrogens with zero attached hydrogens (tertiary/aromatic N) is 2. The Labute approximate surface area is 149 Å². The van der Waals surface area contributed by atoms with Gasteiger partial charge in [-0.3, -0.25) is 5.10 Å². The zero-order valence-corrected chi connectivity index (χ0v) is 14.6. The van der Waals surface area contributed by atoms with Crippen LogP contribution in [0.5, 0.6) is 5.88 Å². The maximum atomic E-state index is 9.65. The number of rotatable bonds is 2. The Hall–Kier alpha value is -3.04. The molecular weight excluding hydrogens is 332 g/mol. The fraction of sp³-hybridized carbons (Fsp3) is 0.158. The van der Waals surface area contributed by atoms with Gasteiger partial charge in [0.1, 0.15) is 11.6 Å². The van der Waals surface area contributed by atoms with Crippen molar-refractivity contribution in [3.63, 3.8) is 0 Å². The van der Waals surface area contributed by atoms with Gasteiger partial charge in [-0.1, -0.05) is 29.8 Å². The van der Waals surface area contributed by atoms with Gasteiger partial charge in [0.05, 0.1) is 17.2 Å².